The van der Waals surface area contributed by atoms with Gasteiger partial charge in [0.15, 0.2) is 0 Å². The summed E-state index contributed by atoms with van der Waals surface area (Å²) in [5.41, 5.74) is 2.39. The quantitative estimate of drug-likeness (QED) is 0.877. The molecule has 2 rings (SSSR count). The van der Waals surface area contributed by atoms with Crippen LogP contribution in [-0.2, 0) is 4.79 Å². The monoisotopic (exact) mass is 260 g/mol. The fourth-order valence-corrected chi connectivity index (χ4v) is 2.64. The van der Waals surface area contributed by atoms with Gasteiger partial charge in [0.2, 0.25) is 5.91 Å². The number of amides is 1. The van der Waals surface area contributed by atoms with Gasteiger partial charge < -0.3 is 10.6 Å². The molecule has 104 valence electrons. The van der Waals surface area contributed by atoms with Crippen molar-refractivity contribution in [2.24, 2.45) is 5.92 Å². The summed E-state index contributed by atoms with van der Waals surface area (Å²) in [6.07, 6.45) is 2.10. The van der Waals surface area contributed by atoms with E-state index >= 15 is 0 Å². The third kappa shape index (κ3) is 3.80. The van der Waals surface area contributed by atoms with Gasteiger partial charge in [0.05, 0.1) is 12.1 Å². The minimum atomic E-state index is -0.0315. The number of hydrogen-bond acceptors (Lipinski definition) is 2. The molecule has 1 aromatic carbocycles. The van der Waals surface area contributed by atoms with Crippen molar-refractivity contribution in [1.82, 2.24) is 10.6 Å². The molecule has 1 fully saturated rings. The van der Waals surface area contributed by atoms with Gasteiger partial charge in [0, 0.05) is 0 Å². The number of piperidine rings is 1. The summed E-state index contributed by atoms with van der Waals surface area (Å²) in [6.45, 7) is 7.27. The predicted molar refractivity (Wildman–Crippen MR) is 77.9 cm³/mol. The molecule has 0 bridgehead atoms. The van der Waals surface area contributed by atoms with E-state index in [0.29, 0.717) is 5.92 Å². The second kappa shape index (κ2) is 6.20. The number of benzene rings is 1. The van der Waals surface area contributed by atoms with Crippen LogP contribution < -0.4 is 10.6 Å². The Balaban J connectivity index is 1.94. The average molecular weight is 260 g/mol. The van der Waals surface area contributed by atoms with E-state index in [0.717, 1.165) is 24.9 Å². The van der Waals surface area contributed by atoms with Gasteiger partial charge in [-0.25, -0.2) is 0 Å². The van der Waals surface area contributed by atoms with E-state index in [9.17, 15) is 4.79 Å². The van der Waals surface area contributed by atoms with Crippen LogP contribution in [0.15, 0.2) is 24.3 Å². The van der Waals surface area contributed by atoms with E-state index in [1.54, 1.807) is 0 Å². The van der Waals surface area contributed by atoms with Gasteiger partial charge in [0.25, 0.3) is 0 Å². The van der Waals surface area contributed by atoms with Crippen molar-refractivity contribution >= 4 is 5.91 Å². The molecule has 2 unspecified atom stereocenters. The third-order valence-electron chi connectivity index (χ3n) is 3.88. The SMILES string of the molecule is Cc1cccc([C@H](C)NC(=O)C2CC(C)CCN2)c1. The van der Waals surface area contributed by atoms with E-state index in [1.165, 1.54) is 5.56 Å². The molecule has 0 saturated carbocycles. The van der Waals surface area contributed by atoms with Gasteiger partial charge in [-0.3, -0.25) is 4.79 Å². The van der Waals surface area contributed by atoms with Crippen LogP contribution in [0, 0.1) is 12.8 Å². The van der Waals surface area contributed by atoms with Crippen molar-refractivity contribution in [3.8, 4) is 0 Å². The van der Waals surface area contributed by atoms with Crippen LogP contribution in [0.2, 0.25) is 0 Å². The molecular weight excluding hydrogens is 236 g/mol. The van der Waals surface area contributed by atoms with Crippen LogP contribution in [-0.4, -0.2) is 18.5 Å². The second-order valence-electron chi connectivity index (χ2n) is 5.78. The maximum absolute atomic E-state index is 12.2. The number of carbonyl (C=O) groups excluding carboxylic acids is 1. The highest BCUT2D eigenvalue weighted by Gasteiger charge is 2.25. The molecule has 0 spiro atoms. The van der Waals surface area contributed by atoms with Gasteiger partial charge in [-0.05, 0) is 44.7 Å². The third-order valence-corrected chi connectivity index (χ3v) is 3.88. The van der Waals surface area contributed by atoms with E-state index < -0.39 is 0 Å². The van der Waals surface area contributed by atoms with E-state index in [-0.39, 0.29) is 18.0 Å². The summed E-state index contributed by atoms with van der Waals surface area (Å²) in [5, 5.41) is 6.42. The van der Waals surface area contributed by atoms with Crippen molar-refractivity contribution in [3.63, 3.8) is 0 Å². The Morgan fingerprint density at radius 3 is 2.95 bits per heavy atom. The summed E-state index contributed by atoms with van der Waals surface area (Å²) < 4.78 is 0. The summed E-state index contributed by atoms with van der Waals surface area (Å²) in [5.74, 6) is 0.756. The summed E-state index contributed by atoms with van der Waals surface area (Å²) in [6, 6.07) is 8.33. The van der Waals surface area contributed by atoms with E-state index in [4.69, 9.17) is 0 Å². The highest BCUT2D eigenvalue weighted by Crippen LogP contribution is 2.17. The van der Waals surface area contributed by atoms with Crippen LogP contribution in [0.5, 0.6) is 0 Å². The van der Waals surface area contributed by atoms with Crippen LogP contribution in [0.3, 0.4) is 0 Å². The van der Waals surface area contributed by atoms with Gasteiger partial charge in [-0.1, -0.05) is 36.8 Å². The molecule has 1 heterocycles. The minimum Gasteiger partial charge on any atom is -0.348 e. The zero-order valence-corrected chi connectivity index (χ0v) is 12.1. The number of rotatable bonds is 3. The molecule has 3 heteroatoms. The lowest BCUT2D eigenvalue weighted by Crippen LogP contribution is -2.48. The Labute approximate surface area is 115 Å². The molecule has 19 heavy (non-hydrogen) atoms. The van der Waals surface area contributed by atoms with Crippen LogP contribution >= 0.6 is 0 Å². The molecule has 1 amide bonds. The van der Waals surface area contributed by atoms with Crippen LogP contribution in [0.1, 0.15) is 43.9 Å². The average Bonchev–Trinajstić information content (AvgIpc) is 2.38. The highest BCUT2D eigenvalue weighted by molar-refractivity contribution is 5.82. The number of nitrogens with one attached hydrogen (secondary N) is 2. The summed E-state index contributed by atoms with van der Waals surface area (Å²) >= 11 is 0. The van der Waals surface area contributed by atoms with Crippen LogP contribution in [0.25, 0.3) is 0 Å². The minimum absolute atomic E-state index is 0.0315. The predicted octanol–water partition coefficient (Wildman–Crippen LogP) is 2.56. The lowest BCUT2D eigenvalue weighted by atomic mass is 9.93. The van der Waals surface area contributed by atoms with Crippen molar-refractivity contribution in [1.29, 1.82) is 0 Å². The Kier molecular flexibility index (Phi) is 4.59. The van der Waals surface area contributed by atoms with Gasteiger partial charge in [0.1, 0.15) is 0 Å². The molecule has 0 aliphatic carbocycles. The topological polar surface area (TPSA) is 41.1 Å². The largest absolute Gasteiger partial charge is 0.348 e. The normalized spacial score (nSPS) is 24.8. The van der Waals surface area contributed by atoms with Crippen molar-refractivity contribution in [2.75, 3.05) is 6.54 Å². The molecule has 1 saturated heterocycles. The lowest BCUT2D eigenvalue weighted by molar-refractivity contribution is -0.124. The molecule has 2 N–H and O–H groups in total. The standard InChI is InChI=1S/C16H24N2O/c1-11-5-4-6-14(9-11)13(3)18-16(19)15-10-12(2)7-8-17-15/h4-6,9,12-13,15,17H,7-8,10H2,1-3H3,(H,18,19)/t12?,13-,15?/m0/s1. The number of aryl methyl sites for hydroxylation is 1. The Bertz CT molecular complexity index is 444. The first-order chi connectivity index (χ1) is 9.06. The fourth-order valence-electron chi connectivity index (χ4n) is 2.64. The Hall–Kier alpha value is -1.35. The zero-order chi connectivity index (χ0) is 13.8. The second-order valence-corrected chi connectivity index (χ2v) is 5.78. The molecule has 1 aliphatic rings. The molecule has 1 aromatic rings. The summed E-state index contributed by atoms with van der Waals surface area (Å²) in [4.78, 5) is 12.2. The number of carbonyl (C=O) groups is 1. The van der Waals surface area contributed by atoms with Gasteiger partial charge >= 0.3 is 0 Å². The molecule has 3 atom stereocenters. The Morgan fingerprint density at radius 1 is 1.47 bits per heavy atom. The first-order valence-corrected chi connectivity index (χ1v) is 7.16. The smallest absolute Gasteiger partial charge is 0.237 e. The van der Waals surface area contributed by atoms with E-state index in [1.807, 2.05) is 13.0 Å². The van der Waals surface area contributed by atoms with Crippen molar-refractivity contribution in [3.05, 3.63) is 35.4 Å². The highest BCUT2D eigenvalue weighted by atomic mass is 16.2. The molecule has 1 aliphatic heterocycles. The number of hydrogen-bond donors (Lipinski definition) is 2. The van der Waals surface area contributed by atoms with Crippen LogP contribution in [0.4, 0.5) is 0 Å². The maximum Gasteiger partial charge on any atom is 0.237 e. The first kappa shape index (κ1) is 14.1. The maximum atomic E-state index is 12.2. The summed E-state index contributed by atoms with van der Waals surface area (Å²) in [7, 11) is 0. The molecular formula is C16H24N2O. The zero-order valence-electron chi connectivity index (χ0n) is 12.1. The van der Waals surface area contributed by atoms with Gasteiger partial charge in [-0.2, -0.15) is 0 Å². The lowest BCUT2D eigenvalue weighted by Gasteiger charge is -2.28. The molecule has 0 aromatic heterocycles. The Morgan fingerprint density at radius 2 is 2.26 bits per heavy atom. The van der Waals surface area contributed by atoms with E-state index in [2.05, 4.69) is 42.7 Å². The molecule has 3 nitrogen and oxygen atoms in total. The first-order valence-electron chi connectivity index (χ1n) is 7.16. The fraction of sp³-hybridized carbons (Fsp3) is 0.562. The van der Waals surface area contributed by atoms with Crippen molar-refractivity contribution in [2.45, 2.75) is 45.7 Å². The van der Waals surface area contributed by atoms with Crippen molar-refractivity contribution < 1.29 is 4.79 Å². The van der Waals surface area contributed by atoms with Gasteiger partial charge in [-0.15, -0.1) is 0 Å². The molecule has 0 radical (unpaired) electrons.